The Morgan fingerprint density at radius 1 is 1.56 bits per heavy atom. The molecule has 0 saturated carbocycles. The quantitative estimate of drug-likeness (QED) is 0.852. The minimum absolute atomic E-state index is 0.294. The summed E-state index contributed by atoms with van der Waals surface area (Å²) in [6, 6.07) is 0. The van der Waals surface area contributed by atoms with Crippen LogP contribution in [0.25, 0.3) is 0 Å². The molecule has 0 spiro atoms. The Bertz CT molecular complexity index is 372. The van der Waals surface area contributed by atoms with Crippen LogP contribution in [0.15, 0.2) is 0 Å². The van der Waals surface area contributed by atoms with Crippen molar-refractivity contribution in [3.63, 3.8) is 0 Å². The predicted octanol–water partition coefficient (Wildman–Crippen LogP) is 1.49. The fourth-order valence-corrected chi connectivity index (χ4v) is 1.39. The third-order valence-electron chi connectivity index (χ3n) is 1.57. The van der Waals surface area contributed by atoms with Crippen LogP contribution < -0.4 is 5.73 Å². The Morgan fingerprint density at radius 3 is 2.62 bits per heavy atom. The Balaban J connectivity index is 2.52. The van der Waals surface area contributed by atoms with Gasteiger partial charge in [0.2, 0.25) is 0 Å². The number of anilines is 1. The molecule has 0 unspecified atom stereocenters. The molecule has 0 aromatic carbocycles. The Labute approximate surface area is 98.6 Å². The molecule has 0 bridgehead atoms. The summed E-state index contributed by atoms with van der Waals surface area (Å²) in [5.74, 6) is 0.524. The standard InChI is InChI=1S/C9H16N4O2S/c1-9(2,3)15-8(14)13(4)5-6-11-7(10)16-12-6/h5H2,1-4H3,(H2,10,11,12). The Kier molecular flexibility index (Phi) is 3.69. The van der Waals surface area contributed by atoms with Crippen molar-refractivity contribution in [1.29, 1.82) is 0 Å². The number of hydrogen-bond acceptors (Lipinski definition) is 6. The normalized spacial score (nSPS) is 11.2. The van der Waals surface area contributed by atoms with Crippen molar-refractivity contribution in [3.05, 3.63) is 5.82 Å². The van der Waals surface area contributed by atoms with Crippen LogP contribution in [0, 0.1) is 0 Å². The molecule has 1 aromatic rings. The maximum atomic E-state index is 11.6. The van der Waals surface area contributed by atoms with E-state index in [1.807, 2.05) is 20.8 Å². The number of nitrogens with two attached hydrogens (primary N) is 1. The molecular formula is C9H16N4O2S. The maximum Gasteiger partial charge on any atom is 0.410 e. The fraction of sp³-hybridized carbons (Fsp3) is 0.667. The number of carbonyl (C=O) groups is 1. The summed E-state index contributed by atoms with van der Waals surface area (Å²) in [6.07, 6.45) is -0.402. The van der Waals surface area contributed by atoms with Gasteiger partial charge in [0.15, 0.2) is 11.0 Å². The highest BCUT2D eigenvalue weighted by Crippen LogP contribution is 2.11. The van der Waals surface area contributed by atoms with Gasteiger partial charge in [0, 0.05) is 18.6 Å². The van der Waals surface area contributed by atoms with Gasteiger partial charge in [-0.2, -0.15) is 4.37 Å². The van der Waals surface area contributed by atoms with E-state index in [4.69, 9.17) is 10.5 Å². The molecule has 0 aliphatic rings. The molecule has 2 N–H and O–H groups in total. The van der Waals surface area contributed by atoms with Gasteiger partial charge in [-0.25, -0.2) is 9.78 Å². The summed E-state index contributed by atoms with van der Waals surface area (Å²) < 4.78 is 9.17. The molecular weight excluding hydrogens is 228 g/mol. The van der Waals surface area contributed by atoms with Crippen LogP contribution in [-0.2, 0) is 11.3 Å². The van der Waals surface area contributed by atoms with Gasteiger partial charge in [0.25, 0.3) is 0 Å². The second-order valence-electron chi connectivity index (χ2n) is 4.39. The lowest BCUT2D eigenvalue weighted by Gasteiger charge is -2.23. The van der Waals surface area contributed by atoms with Crippen LogP contribution in [0.4, 0.5) is 9.93 Å². The van der Waals surface area contributed by atoms with Crippen LogP contribution in [0.3, 0.4) is 0 Å². The highest BCUT2D eigenvalue weighted by atomic mass is 32.1. The second-order valence-corrected chi connectivity index (χ2v) is 5.17. The number of aromatic nitrogens is 2. The summed E-state index contributed by atoms with van der Waals surface area (Å²) >= 11 is 1.11. The van der Waals surface area contributed by atoms with E-state index in [0.717, 1.165) is 11.5 Å². The summed E-state index contributed by atoms with van der Waals surface area (Å²) in [6.45, 7) is 5.75. The van der Waals surface area contributed by atoms with Crippen molar-refractivity contribution < 1.29 is 9.53 Å². The van der Waals surface area contributed by atoms with E-state index in [0.29, 0.717) is 17.5 Å². The van der Waals surface area contributed by atoms with Crippen molar-refractivity contribution in [2.24, 2.45) is 0 Å². The number of hydrogen-bond donors (Lipinski definition) is 1. The van der Waals surface area contributed by atoms with Gasteiger partial charge in [-0.15, -0.1) is 0 Å². The molecule has 16 heavy (non-hydrogen) atoms. The first-order valence-corrected chi connectivity index (χ1v) is 5.57. The zero-order valence-electron chi connectivity index (χ0n) is 9.85. The topological polar surface area (TPSA) is 81.3 Å². The van der Waals surface area contributed by atoms with E-state index in [9.17, 15) is 4.79 Å². The molecule has 6 nitrogen and oxygen atoms in total. The Morgan fingerprint density at radius 2 is 2.19 bits per heavy atom. The molecule has 1 aromatic heterocycles. The van der Waals surface area contributed by atoms with Crippen LogP contribution in [0.5, 0.6) is 0 Å². The largest absolute Gasteiger partial charge is 0.444 e. The van der Waals surface area contributed by atoms with Crippen molar-refractivity contribution in [2.75, 3.05) is 12.8 Å². The lowest BCUT2D eigenvalue weighted by Crippen LogP contribution is -2.34. The minimum Gasteiger partial charge on any atom is -0.444 e. The summed E-state index contributed by atoms with van der Waals surface area (Å²) in [7, 11) is 1.63. The lowest BCUT2D eigenvalue weighted by atomic mass is 10.2. The molecule has 0 aliphatic carbocycles. The van der Waals surface area contributed by atoms with Gasteiger partial charge < -0.3 is 15.4 Å². The summed E-state index contributed by atoms with van der Waals surface area (Å²) in [4.78, 5) is 17.0. The number of nitrogens with zero attached hydrogens (tertiary/aromatic N) is 3. The molecule has 7 heteroatoms. The van der Waals surface area contributed by atoms with Crippen molar-refractivity contribution in [1.82, 2.24) is 14.3 Å². The lowest BCUT2D eigenvalue weighted by molar-refractivity contribution is 0.0281. The number of amides is 1. The van der Waals surface area contributed by atoms with Crippen LogP contribution in [-0.4, -0.2) is 33.0 Å². The average Bonchev–Trinajstić information content (AvgIpc) is 2.48. The van der Waals surface area contributed by atoms with Crippen molar-refractivity contribution >= 4 is 22.8 Å². The van der Waals surface area contributed by atoms with E-state index in [-0.39, 0.29) is 0 Å². The van der Waals surface area contributed by atoms with Crippen molar-refractivity contribution in [2.45, 2.75) is 32.9 Å². The first-order chi connectivity index (χ1) is 7.28. The predicted molar refractivity (Wildman–Crippen MR) is 62.0 cm³/mol. The summed E-state index contributed by atoms with van der Waals surface area (Å²) in [5, 5.41) is 0.396. The van der Waals surface area contributed by atoms with E-state index in [1.165, 1.54) is 4.90 Å². The zero-order chi connectivity index (χ0) is 12.3. The minimum atomic E-state index is -0.500. The molecule has 90 valence electrons. The highest BCUT2D eigenvalue weighted by molar-refractivity contribution is 7.09. The van der Waals surface area contributed by atoms with Gasteiger partial charge in [0.1, 0.15) is 5.60 Å². The van der Waals surface area contributed by atoms with Gasteiger partial charge in [-0.05, 0) is 20.8 Å². The average molecular weight is 244 g/mol. The Hall–Kier alpha value is -1.37. The fourth-order valence-electron chi connectivity index (χ4n) is 0.948. The van der Waals surface area contributed by atoms with Gasteiger partial charge in [-0.1, -0.05) is 0 Å². The molecule has 1 amide bonds. The zero-order valence-corrected chi connectivity index (χ0v) is 10.7. The van der Waals surface area contributed by atoms with E-state index in [1.54, 1.807) is 7.05 Å². The SMILES string of the molecule is CN(Cc1nsc(N)n1)C(=O)OC(C)(C)C. The number of ether oxygens (including phenoxy) is 1. The molecule has 1 rings (SSSR count). The monoisotopic (exact) mass is 244 g/mol. The van der Waals surface area contributed by atoms with E-state index >= 15 is 0 Å². The molecule has 0 saturated heterocycles. The first kappa shape index (κ1) is 12.7. The smallest absolute Gasteiger partial charge is 0.410 e. The van der Waals surface area contributed by atoms with Crippen LogP contribution in [0.1, 0.15) is 26.6 Å². The van der Waals surface area contributed by atoms with Gasteiger partial charge in [-0.3, -0.25) is 0 Å². The van der Waals surface area contributed by atoms with E-state index in [2.05, 4.69) is 9.36 Å². The third-order valence-corrected chi connectivity index (χ3v) is 2.15. The first-order valence-electron chi connectivity index (χ1n) is 4.80. The second kappa shape index (κ2) is 4.65. The van der Waals surface area contributed by atoms with Gasteiger partial charge in [0.05, 0.1) is 6.54 Å². The maximum absolute atomic E-state index is 11.6. The van der Waals surface area contributed by atoms with E-state index < -0.39 is 11.7 Å². The number of carbonyl (C=O) groups excluding carboxylic acids is 1. The summed E-state index contributed by atoms with van der Waals surface area (Å²) in [5.41, 5.74) is 4.94. The van der Waals surface area contributed by atoms with Crippen molar-refractivity contribution in [3.8, 4) is 0 Å². The third kappa shape index (κ3) is 4.01. The van der Waals surface area contributed by atoms with Crippen LogP contribution >= 0.6 is 11.5 Å². The number of nitrogen functional groups attached to an aromatic ring is 1. The number of rotatable bonds is 2. The molecule has 0 atom stereocenters. The van der Waals surface area contributed by atoms with Crippen LogP contribution in [0.2, 0.25) is 0 Å². The highest BCUT2D eigenvalue weighted by Gasteiger charge is 2.20. The van der Waals surface area contributed by atoms with Gasteiger partial charge >= 0.3 is 6.09 Å². The molecule has 0 aliphatic heterocycles. The molecule has 0 radical (unpaired) electrons. The molecule has 1 heterocycles. The molecule has 0 fully saturated rings.